The molecule has 0 fully saturated rings. The van der Waals surface area contributed by atoms with E-state index in [9.17, 15) is 14.4 Å². The van der Waals surface area contributed by atoms with Crippen LogP contribution in [0.3, 0.4) is 0 Å². The maximum atomic E-state index is 11.4. The lowest BCUT2D eigenvalue weighted by atomic mass is 10.1. The van der Waals surface area contributed by atoms with E-state index in [-0.39, 0.29) is 37.6 Å². The summed E-state index contributed by atoms with van der Waals surface area (Å²) in [5.41, 5.74) is 0. The van der Waals surface area contributed by atoms with Crippen LogP contribution < -0.4 is 10.6 Å². The van der Waals surface area contributed by atoms with Crippen LogP contribution in [0.15, 0.2) is 0 Å². The number of rotatable bonds is 12. The highest BCUT2D eigenvalue weighted by atomic mass is 16.4. The Balaban J connectivity index is 3.40. The van der Waals surface area contributed by atoms with Gasteiger partial charge in [-0.2, -0.15) is 0 Å². The van der Waals surface area contributed by atoms with Crippen LogP contribution in [0.5, 0.6) is 0 Å². The van der Waals surface area contributed by atoms with Gasteiger partial charge in [-0.1, -0.05) is 32.6 Å². The van der Waals surface area contributed by atoms with Crippen LogP contribution in [0.2, 0.25) is 0 Å². The predicted octanol–water partition coefficient (Wildman–Crippen LogP) is 1.44. The lowest BCUT2D eigenvalue weighted by molar-refractivity contribution is -0.138. The number of carboxylic acids is 1. The zero-order valence-electron chi connectivity index (χ0n) is 12.2. The molecule has 0 rings (SSSR count). The summed E-state index contributed by atoms with van der Waals surface area (Å²) in [6, 6.07) is 0. The van der Waals surface area contributed by atoms with Gasteiger partial charge in [-0.15, -0.1) is 0 Å². The number of aliphatic carboxylic acids is 1. The Labute approximate surface area is 120 Å². The van der Waals surface area contributed by atoms with Crippen molar-refractivity contribution < 1.29 is 19.5 Å². The second-order valence-corrected chi connectivity index (χ2v) is 4.76. The van der Waals surface area contributed by atoms with Gasteiger partial charge in [0.25, 0.3) is 0 Å². The van der Waals surface area contributed by atoms with Crippen molar-refractivity contribution in [3.8, 4) is 0 Å². The summed E-state index contributed by atoms with van der Waals surface area (Å²) in [4.78, 5) is 32.9. The van der Waals surface area contributed by atoms with Crippen molar-refractivity contribution in [1.82, 2.24) is 10.6 Å². The van der Waals surface area contributed by atoms with Gasteiger partial charge in [-0.05, 0) is 6.42 Å². The van der Waals surface area contributed by atoms with E-state index in [1.54, 1.807) is 0 Å². The van der Waals surface area contributed by atoms with Gasteiger partial charge >= 0.3 is 5.97 Å². The molecule has 2 amide bonds. The molecule has 0 atom stereocenters. The number of carbonyl (C=O) groups is 3. The Kier molecular flexibility index (Phi) is 11.5. The summed E-state index contributed by atoms with van der Waals surface area (Å²) in [5, 5.41) is 13.7. The van der Waals surface area contributed by atoms with Gasteiger partial charge in [-0.3, -0.25) is 14.4 Å². The molecule has 0 saturated carbocycles. The summed E-state index contributed by atoms with van der Waals surface area (Å²) >= 11 is 0. The minimum atomic E-state index is -0.999. The molecule has 0 unspecified atom stereocenters. The Morgan fingerprint density at radius 2 is 1.40 bits per heavy atom. The summed E-state index contributed by atoms with van der Waals surface area (Å²) in [6.07, 6.45) is 5.74. The van der Waals surface area contributed by atoms with E-state index in [0.717, 1.165) is 12.8 Å². The van der Waals surface area contributed by atoms with Crippen molar-refractivity contribution in [1.29, 1.82) is 0 Å². The first-order valence-corrected chi connectivity index (χ1v) is 7.31. The van der Waals surface area contributed by atoms with Gasteiger partial charge in [0.05, 0.1) is 6.42 Å². The SMILES string of the molecule is CCCCCCCNC(=O)CCNC(=O)CCC(=O)O. The maximum absolute atomic E-state index is 11.4. The van der Waals surface area contributed by atoms with E-state index in [4.69, 9.17) is 5.11 Å². The van der Waals surface area contributed by atoms with Crippen LogP contribution in [0.25, 0.3) is 0 Å². The lowest BCUT2D eigenvalue weighted by Crippen LogP contribution is -2.31. The first kappa shape index (κ1) is 18.4. The predicted molar refractivity (Wildman–Crippen MR) is 76.3 cm³/mol. The molecular formula is C14H26N2O4. The largest absolute Gasteiger partial charge is 0.481 e. The van der Waals surface area contributed by atoms with Crippen LogP contribution in [-0.4, -0.2) is 36.0 Å². The normalized spacial score (nSPS) is 10.1. The number of unbranched alkanes of at least 4 members (excludes halogenated alkanes) is 4. The number of amides is 2. The average Bonchev–Trinajstić information content (AvgIpc) is 2.40. The average molecular weight is 286 g/mol. The molecule has 0 heterocycles. The van der Waals surface area contributed by atoms with Crippen LogP contribution in [0.1, 0.15) is 58.3 Å². The minimum Gasteiger partial charge on any atom is -0.481 e. The molecule has 0 saturated heterocycles. The van der Waals surface area contributed by atoms with Crippen molar-refractivity contribution in [2.45, 2.75) is 58.3 Å². The molecule has 116 valence electrons. The number of nitrogens with one attached hydrogen (secondary N) is 2. The second kappa shape index (κ2) is 12.4. The van der Waals surface area contributed by atoms with Crippen molar-refractivity contribution in [3.05, 3.63) is 0 Å². The van der Waals surface area contributed by atoms with Gasteiger partial charge < -0.3 is 15.7 Å². The van der Waals surface area contributed by atoms with Gasteiger partial charge in [0, 0.05) is 25.9 Å². The van der Waals surface area contributed by atoms with Crippen LogP contribution in [0.4, 0.5) is 0 Å². The molecular weight excluding hydrogens is 260 g/mol. The highest BCUT2D eigenvalue weighted by Gasteiger charge is 2.06. The first-order chi connectivity index (χ1) is 9.56. The Morgan fingerprint density at radius 1 is 0.800 bits per heavy atom. The van der Waals surface area contributed by atoms with Gasteiger partial charge in [0.15, 0.2) is 0 Å². The third kappa shape index (κ3) is 12.9. The highest BCUT2D eigenvalue weighted by Crippen LogP contribution is 2.01. The Hall–Kier alpha value is -1.59. The molecule has 20 heavy (non-hydrogen) atoms. The monoisotopic (exact) mass is 286 g/mol. The van der Waals surface area contributed by atoms with E-state index in [1.165, 1.54) is 19.3 Å². The van der Waals surface area contributed by atoms with Crippen molar-refractivity contribution in [3.63, 3.8) is 0 Å². The highest BCUT2D eigenvalue weighted by molar-refractivity contribution is 5.81. The number of hydrogen-bond acceptors (Lipinski definition) is 3. The van der Waals surface area contributed by atoms with Crippen LogP contribution in [-0.2, 0) is 14.4 Å². The molecule has 0 spiro atoms. The third-order valence-electron chi connectivity index (χ3n) is 2.84. The number of carbonyl (C=O) groups excluding carboxylic acids is 2. The van der Waals surface area contributed by atoms with E-state index in [1.807, 2.05) is 0 Å². The number of carboxylic acid groups (broad SMARTS) is 1. The standard InChI is InChI=1S/C14H26N2O4/c1-2-3-4-5-6-10-15-13(18)9-11-16-12(17)7-8-14(19)20/h2-11H2,1H3,(H,15,18)(H,16,17)(H,19,20). The lowest BCUT2D eigenvalue weighted by Gasteiger charge is -2.06. The fourth-order valence-electron chi connectivity index (χ4n) is 1.67. The maximum Gasteiger partial charge on any atom is 0.303 e. The molecule has 0 aliphatic carbocycles. The fraction of sp³-hybridized carbons (Fsp3) is 0.786. The molecule has 6 heteroatoms. The summed E-state index contributed by atoms with van der Waals surface area (Å²) < 4.78 is 0. The van der Waals surface area contributed by atoms with Crippen LogP contribution in [0, 0.1) is 0 Å². The van der Waals surface area contributed by atoms with E-state index >= 15 is 0 Å². The molecule has 0 aliphatic heterocycles. The quantitative estimate of drug-likeness (QED) is 0.473. The molecule has 0 aromatic carbocycles. The third-order valence-corrected chi connectivity index (χ3v) is 2.84. The van der Waals surface area contributed by atoms with Crippen molar-refractivity contribution in [2.24, 2.45) is 0 Å². The molecule has 3 N–H and O–H groups in total. The summed E-state index contributed by atoms with van der Waals surface area (Å²) in [7, 11) is 0. The van der Waals surface area contributed by atoms with Crippen LogP contribution >= 0.6 is 0 Å². The first-order valence-electron chi connectivity index (χ1n) is 7.31. The number of hydrogen-bond donors (Lipinski definition) is 3. The summed E-state index contributed by atoms with van der Waals surface area (Å²) in [6.45, 7) is 3.09. The minimum absolute atomic E-state index is 0.0472. The molecule has 6 nitrogen and oxygen atoms in total. The zero-order chi connectivity index (χ0) is 15.2. The second-order valence-electron chi connectivity index (χ2n) is 4.76. The summed E-state index contributed by atoms with van der Waals surface area (Å²) in [5.74, 6) is -1.42. The van der Waals surface area contributed by atoms with E-state index in [2.05, 4.69) is 17.6 Å². The molecule has 0 radical (unpaired) electrons. The molecule has 0 aromatic heterocycles. The van der Waals surface area contributed by atoms with Crippen molar-refractivity contribution >= 4 is 17.8 Å². The van der Waals surface area contributed by atoms with Gasteiger partial charge in [-0.25, -0.2) is 0 Å². The zero-order valence-corrected chi connectivity index (χ0v) is 12.2. The van der Waals surface area contributed by atoms with E-state index < -0.39 is 5.97 Å². The fourth-order valence-corrected chi connectivity index (χ4v) is 1.67. The molecule has 0 aromatic rings. The van der Waals surface area contributed by atoms with Gasteiger partial charge in [0.2, 0.25) is 11.8 Å². The molecule has 0 bridgehead atoms. The Bertz CT molecular complexity index is 306. The van der Waals surface area contributed by atoms with E-state index in [0.29, 0.717) is 6.54 Å². The molecule has 0 aliphatic rings. The topological polar surface area (TPSA) is 95.5 Å². The van der Waals surface area contributed by atoms with Crippen molar-refractivity contribution in [2.75, 3.05) is 13.1 Å². The Morgan fingerprint density at radius 3 is 2.05 bits per heavy atom. The smallest absolute Gasteiger partial charge is 0.303 e. The van der Waals surface area contributed by atoms with Gasteiger partial charge in [0.1, 0.15) is 0 Å².